The molecular formula is C17H22N2O3S. The Morgan fingerprint density at radius 1 is 1.30 bits per heavy atom. The van der Waals surface area contributed by atoms with Gasteiger partial charge in [0.2, 0.25) is 5.91 Å². The number of ether oxygens (including phenoxy) is 2. The van der Waals surface area contributed by atoms with Crippen molar-refractivity contribution in [2.45, 2.75) is 32.6 Å². The van der Waals surface area contributed by atoms with Crippen molar-refractivity contribution in [2.24, 2.45) is 0 Å². The third-order valence-electron chi connectivity index (χ3n) is 3.41. The van der Waals surface area contributed by atoms with Crippen molar-refractivity contribution >= 4 is 22.9 Å². The van der Waals surface area contributed by atoms with Gasteiger partial charge < -0.3 is 14.8 Å². The average Bonchev–Trinajstić information content (AvgIpc) is 3.02. The van der Waals surface area contributed by atoms with E-state index in [4.69, 9.17) is 9.47 Å². The highest BCUT2D eigenvalue weighted by molar-refractivity contribution is 7.09. The molecule has 0 saturated heterocycles. The third kappa shape index (κ3) is 4.69. The number of hydrogen-bond donors (Lipinski definition) is 1. The lowest BCUT2D eigenvalue weighted by Gasteiger charge is -2.11. The van der Waals surface area contributed by atoms with E-state index in [1.54, 1.807) is 43.8 Å². The average molecular weight is 334 g/mol. The summed E-state index contributed by atoms with van der Waals surface area (Å²) in [5, 5.41) is 5.91. The molecule has 1 aromatic carbocycles. The standard InChI is InChI=1S/C17H22N2O3S/c1-11(2)14-10-23-17(19-14)8-7-16(20)18-13-9-12(21-3)5-6-15(13)22-4/h5-6,9-11H,7-8H2,1-4H3,(H,18,20). The second kappa shape index (κ2) is 7.97. The van der Waals surface area contributed by atoms with E-state index in [0.29, 0.717) is 35.9 Å². The van der Waals surface area contributed by atoms with Gasteiger partial charge in [0.05, 0.1) is 30.6 Å². The molecule has 2 aromatic rings. The highest BCUT2D eigenvalue weighted by atomic mass is 32.1. The van der Waals surface area contributed by atoms with Gasteiger partial charge >= 0.3 is 0 Å². The predicted molar refractivity (Wildman–Crippen MR) is 92.7 cm³/mol. The van der Waals surface area contributed by atoms with E-state index < -0.39 is 0 Å². The van der Waals surface area contributed by atoms with Crippen LogP contribution in [0, 0.1) is 0 Å². The Kier molecular flexibility index (Phi) is 5.98. The Bertz CT molecular complexity index is 668. The molecule has 0 aliphatic carbocycles. The number of methoxy groups -OCH3 is 2. The Labute approximate surface area is 140 Å². The van der Waals surface area contributed by atoms with Crippen LogP contribution < -0.4 is 14.8 Å². The molecular weight excluding hydrogens is 312 g/mol. The number of carbonyl (C=O) groups is 1. The van der Waals surface area contributed by atoms with E-state index in [-0.39, 0.29) is 5.91 Å². The van der Waals surface area contributed by atoms with Crippen LogP contribution in [-0.4, -0.2) is 25.1 Å². The SMILES string of the molecule is COc1ccc(OC)c(NC(=O)CCc2nc(C(C)C)cs2)c1. The minimum absolute atomic E-state index is 0.0714. The number of benzene rings is 1. The van der Waals surface area contributed by atoms with Crippen molar-refractivity contribution in [3.63, 3.8) is 0 Å². The van der Waals surface area contributed by atoms with Crippen molar-refractivity contribution in [1.29, 1.82) is 0 Å². The molecule has 0 bridgehead atoms. The van der Waals surface area contributed by atoms with Crippen molar-refractivity contribution in [2.75, 3.05) is 19.5 Å². The maximum Gasteiger partial charge on any atom is 0.224 e. The van der Waals surface area contributed by atoms with Crippen LogP contribution in [0.3, 0.4) is 0 Å². The molecule has 6 heteroatoms. The topological polar surface area (TPSA) is 60.5 Å². The smallest absolute Gasteiger partial charge is 0.224 e. The van der Waals surface area contributed by atoms with Crippen molar-refractivity contribution in [3.05, 3.63) is 34.3 Å². The van der Waals surface area contributed by atoms with Crippen LogP contribution in [0.2, 0.25) is 0 Å². The fraction of sp³-hybridized carbons (Fsp3) is 0.412. The van der Waals surface area contributed by atoms with Crippen LogP contribution in [0.4, 0.5) is 5.69 Å². The number of carbonyl (C=O) groups excluding carboxylic acids is 1. The van der Waals surface area contributed by atoms with Crippen molar-refractivity contribution < 1.29 is 14.3 Å². The van der Waals surface area contributed by atoms with Crippen molar-refractivity contribution in [3.8, 4) is 11.5 Å². The van der Waals surface area contributed by atoms with Gasteiger partial charge in [0.25, 0.3) is 0 Å². The summed E-state index contributed by atoms with van der Waals surface area (Å²) in [6.07, 6.45) is 1.01. The quantitative estimate of drug-likeness (QED) is 0.835. The fourth-order valence-corrected chi connectivity index (χ4v) is 3.01. The normalized spacial score (nSPS) is 10.7. The molecule has 0 aliphatic heterocycles. The number of aryl methyl sites for hydroxylation is 1. The monoisotopic (exact) mass is 334 g/mol. The molecule has 23 heavy (non-hydrogen) atoms. The molecule has 1 amide bonds. The number of hydrogen-bond acceptors (Lipinski definition) is 5. The number of thiazole rings is 1. The molecule has 0 aliphatic rings. The third-order valence-corrected chi connectivity index (χ3v) is 4.33. The molecule has 0 radical (unpaired) electrons. The minimum Gasteiger partial charge on any atom is -0.497 e. The summed E-state index contributed by atoms with van der Waals surface area (Å²) in [4.78, 5) is 16.7. The highest BCUT2D eigenvalue weighted by Gasteiger charge is 2.11. The van der Waals surface area contributed by atoms with Gasteiger partial charge in [-0.2, -0.15) is 0 Å². The molecule has 124 valence electrons. The zero-order valence-electron chi connectivity index (χ0n) is 13.9. The Morgan fingerprint density at radius 2 is 2.09 bits per heavy atom. The van der Waals surface area contributed by atoms with Crippen LogP contribution in [0.1, 0.15) is 36.9 Å². The largest absolute Gasteiger partial charge is 0.497 e. The summed E-state index contributed by atoms with van der Waals surface area (Å²) in [6, 6.07) is 5.30. The van der Waals surface area contributed by atoms with E-state index in [1.165, 1.54) is 0 Å². The molecule has 1 N–H and O–H groups in total. The Morgan fingerprint density at radius 3 is 2.70 bits per heavy atom. The lowest BCUT2D eigenvalue weighted by atomic mass is 10.2. The number of nitrogens with zero attached hydrogens (tertiary/aromatic N) is 1. The molecule has 0 spiro atoms. The first-order valence-electron chi connectivity index (χ1n) is 7.49. The predicted octanol–water partition coefficient (Wildman–Crippen LogP) is 3.86. The molecule has 0 unspecified atom stereocenters. The van der Waals surface area contributed by atoms with Gasteiger partial charge in [-0.25, -0.2) is 4.98 Å². The molecule has 0 atom stereocenters. The summed E-state index contributed by atoms with van der Waals surface area (Å²) < 4.78 is 10.4. The van der Waals surface area contributed by atoms with E-state index in [2.05, 4.69) is 29.5 Å². The summed E-state index contributed by atoms with van der Waals surface area (Å²) >= 11 is 1.60. The van der Waals surface area contributed by atoms with E-state index >= 15 is 0 Å². The first kappa shape index (κ1) is 17.3. The molecule has 1 aromatic heterocycles. The van der Waals surface area contributed by atoms with Crippen LogP contribution in [0.25, 0.3) is 0 Å². The zero-order chi connectivity index (χ0) is 16.8. The Hall–Kier alpha value is -2.08. The minimum atomic E-state index is -0.0714. The zero-order valence-corrected chi connectivity index (χ0v) is 14.7. The maximum absolute atomic E-state index is 12.2. The van der Waals surface area contributed by atoms with E-state index in [9.17, 15) is 4.79 Å². The van der Waals surface area contributed by atoms with Crippen LogP contribution >= 0.6 is 11.3 Å². The van der Waals surface area contributed by atoms with Crippen LogP contribution in [-0.2, 0) is 11.2 Å². The number of aromatic nitrogens is 1. The summed E-state index contributed by atoms with van der Waals surface area (Å²) in [5.74, 6) is 1.62. The molecule has 5 nitrogen and oxygen atoms in total. The second-order valence-corrected chi connectivity index (χ2v) is 6.38. The van der Waals surface area contributed by atoms with Gasteiger partial charge in [0, 0.05) is 24.3 Å². The molecule has 2 rings (SSSR count). The second-order valence-electron chi connectivity index (χ2n) is 5.44. The molecule has 0 fully saturated rings. The number of anilines is 1. The van der Waals surface area contributed by atoms with Gasteiger partial charge in [-0.15, -0.1) is 11.3 Å². The lowest BCUT2D eigenvalue weighted by molar-refractivity contribution is -0.116. The van der Waals surface area contributed by atoms with Gasteiger partial charge in [-0.1, -0.05) is 13.8 Å². The number of rotatable bonds is 7. The summed E-state index contributed by atoms with van der Waals surface area (Å²) in [7, 11) is 3.16. The van der Waals surface area contributed by atoms with E-state index in [1.807, 2.05) is 0 Å². The van der Waals surface area contributed by atoms with Gasteiger partial charge in [0.15, 0.2) is 0 Å². The van der Waals surface area contributed by atoms with Gasteiger partial charge in [-0.3, -0.25) is 4.79 Å². The van der Waals surface area contributed by atoms with Gasteiger partial charge in [-0.05, 0) is 18.1 Å². The van der Waals surface area contributed by atoms with E-state index in [0.717, 1.165) is 10.7 Å². The van der Waals surface area contributed by atoms with Crippen LogP contribution in [0.5, 0.6) is 11.5 Å². The summed E-state index contributed by atoms with van der Waals surface area (Å²) in [6.45, 7) is 4.22. The highest BCUT2D eigenvalue weighted by Crippen LogP contribution is 2.29. The molecule has 1 heterocycles. The van der Waals surface area contributed by atoms with Crippen LogP contribution in [0.15, 0.2) is 23.6 Å². The molecule has 0 saturated carbocycles. The first-order valence-corrected chi connectivity index (χ1v) is 8.37. The Balaban J connectivity index is 1.96. The summed E-state index contributed by atoms with van der Waals surface area (Å²) in [5.41, 5.74) is 1.69. The number of nitrogens with one attached hydrogen (secondary N) is 1. The fourth-order valence-electron chi connectivity index (χ4n) is 2.05. The number of amides is 1. The first-order chi connectivity index (χ1) is 11.0. The van der Waals surface area contributed by atoms with Gasteiger partial charge in [0.1, 0.15) is 11.5 Å². The maximum atomic E-state index is 12.2. The van der Waals surface area contributed by atoms with Crippen molar-refractivity contribution in [1.82, 2.24) is 4.98 Å². The lowest BCUT2D eigenvalue weighted by Crippen LogP contribution is -2.13.